The third-order valence-corrected chi connectivity index (χ3v) is 3.32. The second-order valence-electron chi connectivity index (χ2n) is 3.60. The van der Waals surface area contributed by atoms with Crippen molar-refractivity contribution in [3.63, 3.8) is 0 Å². The van der Waals surface area contributed by atoms with Crippen LogP contribution in [0.25, 0.3) is 0 Å². The maximum absolute atomic E-state index is 11.9. The summed E-state index contributed by atoms with van der Waals surface area (Å²) in [5, 5.41) is 21.9. The second kappa shape index (κ2) is 5.57. The van der Waals surface area contributed by atoms with Gasteiger partial charge in [-0.15, -0.1) is 5.10 Å². The molecule has 0 N–H and O–H groups in total. The number of nitro benzene ring substituents is 1. The predicted molar refractivity (Wildman–Crippen MR) is 66.9 cm³/mol. The Kier molecular flexibility index (Phi) is 3.85. The van der Waals surface area contributed by atoms with E-state index >= 15 is 0 Å². The fourth-order valence-corrected chi connectivity index (χ4v) is 2.07. The highest BCUT2D eigenvalue weighted by Crippen LogP contribution is 2.17. The number of hydrogen-bond donors (Lipinski definition) is 0. The summed E-state index contributed by atoms with van der Waals surface area (Å²) in [5.41, 5.74) is 0.384. The van der Waals surface area contributed by atoms with Crippen LogP contribution in [0.2, 0.25) is 0 Å². The third kappa shape index (κ3) is 3.13. The van der Waals surface area contributed by atoms with E-state index in [2.05, 4.69) is 15.5 Å². The average molecular weight is 279 g/mol. The minimum atomic E-state index is -0.506. The molecule has 0 aliphatic rings. The van der Waals surface area contributed by atoms with Gasteiger partial charge in [0.1, 0.15) is 0 Å². The van der Waals surface area contributed by atoms with Crippen LogP contribution >= 0.6 is 11.8 Å². The number of aryl methyl sites for hydroxylation is 1. The summed E-state index contributed by atoms with van der Waals surface area (Å²) in [6.45, 7) is 0. The summed E-state index contributed by atoms with van der Waals surface area (Å²) in [5.74, 6) is 0.0364. The highest BCUT2D eigenvalue weighted by Gasteiger charge is 2.11. The minimum Gasteiger partial charge on any atom is -0.293 e. The first-order valence-corrected chi connectivity index (χ1v) is 6.19. The highest BCUT2D eigenvalue weighted by atomic mass is 32.2. The largest absolute Gasteiger partial charge is 0.293 e. The molecule has 9 heteroatoms. The van der Waals surface area contributed by atoms with Crippen LogP contribution in [0, 0.1) is 10.1 Å². The lowest BCUT2D eigenvalue weighted by molar-refractivity contribution is -0.384. The van der Waals surface area contributed by atoms with Gasteiger partial charge >= 0.3 is 0 Å². The van der Waals surface area contributed by atoms with Crippen molar-refractivity contribution in [2.24, 2.45) is 7.05 Å². The van der Waals surface area contributed by atoms with Crippen LogP contribution in [-0.2, 0) is 7.05 Å². The van der Waals surface area contributed by atoms with Crippen molar-refractivity contribution in [2.45, 2.75) is 5.16 Å². The van der Waals surface area contributed by atoms with E-state index in [0.29, 0.717) is 10.7 Å². The molecule has 1 aromatic heterocycles. The SMILES string of the molecule is Cn1nnnc1SCC(=O)c1ccc([N+](=O)[O-])cc1. The van der Waals surface area contributed by atoms with Crippen molar-refractivity contribution < 1.29 is 9.72 Å². The molecule has 0 spiro atoms. The summed E-state index contributed by atoms with van der Waals surface area (Å²) in [4.78, 5) is 21.9. The Morgan fingerprint density at radius 1 is 1.42 bits per heavy atom. The van der Waals surface area contributed by atoms with Crippen molar-refractivity contribution in [1.29, 1.82) is 0 Å². The number of ketones is 1. The normalized spacial score (nSPS) is 10.4. The van der Waals surface area contributed by atoms with E-state index in [-0.39, 0.29) is 17.2 Å². The van der Waals surface area contributed by atoms with Gasteiger partial charge in [-0.05, 0) is 22.6 Å². The maximum Gasteiger partial charge on any atom is 0.269 e. The summed E-state index contributed by atoms with van der Waals surface area (Å²) >= 11 is 1.21. The Hall–Kier alpha value is -2.29. The monoisotopic (exact) mass is 279 g/mol. The van der Waals surface area contributed by atoms with Crippen LogP contribution in [0.3, 0.4) is 0 Å². The number of rotatable bonds is 5. The average Bonchev–Trinajstić information content (AvgIpc) is 2.81. The van der Waals surface area contributed by atoms with E-state index in [4.69, 9.17) is 0 Å². The number of thioether (sulfide) groups is 1. The van der Waals surface area contributed by atoms with E-state index in [0.717, 1.165) is 0 Å². The summed E-state index contributed by atoms with van der Waals surface area (Å²) < 4.78 is 1.47. The van der Waals surface area contributed by atoms with Crippen LogP contribution in [0.15, 0.2) is 29.4 Å². The summed E-state index contributed by atoms with van der Waals surface area (Å²) in [7, 11) is 1.68. The Morgan fingerprint density at radius 2 is 2.11 bits per heavy atom. The number of nitrogens with zero attached hydrogens (tertiary/aromatic N) is 5. The molecule has 0 atom stereocenters. The van der Waals surface area contributed by atoms with E-state index < -0.39 is 4.92 Å². The third-order valence-electron chi connectivity index (χ3n) is 2.31. The first kappa shape index (κ1) is 13.1. The number of tetrazole rings is 1. The van der Waals surface area contributed by atoms with Gasteiger partial charge in [0.05, 0.1) is 10.7 Å². The standard InChI is InChI=1S/C10H9N5O3S/c1-14-10(11-12-13-14)19-6-9(16)7-2-4-8(5-3-7)15(17)18/h2-5H,6H2,1H3. The van der Waals surface area contributed by atoms with Crippen molar-refractivity contribution >= 4 is 23.2 Å². The maximum atomic E-state index is 11.9. The van der Waals surface area contributed by atoms with E-state index in [1.54, 1.807) is 7.05 Å². The molecule has 0 saturated heterocycles. The van der Waals surface area contributed by atoms with Crippen LogP contribution < -0.4 is 0 Å². The number of non-ortho nitro benzene ring substituents is 1. The topological polar surface area (TPSA) is 104 Å². The van der Waals surface area contributed by atoms with Crippen molar-refractivity contribution in [1.82, 2.24) is 20.2 Å². The number of benzene rings is 1. The molecule has 19 heavy (non-hydrogen) atoms. The van der Waals surface area contributed by atoms with Crippen LogP contribution in [0.1, 0.15) is 10.4 Å². The molecule has 2 aromatic rings. The zero-order chi connectivity index (χ0) is 13.8. The van der Waals surface area contributed by atoms with Gasteiger partial charge in [0.15, 0.2) is 5.78 Å². The van der Waals surface area contributed by atoms with Crippen LogP contribution in [0.4, 0.5) is 5.69 Å². The molecule has 98 valence electrons. The molecule has 0 radical (unpaired) electrons. The molecule has 0 aliphatic heterocycles. The molecule has 0 fully saturated rings. The Morgan fingerprint density at radius 3 is 2.63 bits per heavy atom. The quantitative estimate of drug-likeness (QED) is 0.349. The molecular formula is C10H9N5O3S. The first-order chi connectivity index (χ1) is 9.08. The number of nitro groups is 1. The molecule has 0 aliphatic carbocycles. The number of Topliss-reactive ketones (excluding diaryl/α,β-unsaturated/α-hetero) is 1. The number of aromatic nitrogens is 4. The zero-order valence-corrected chi connectivity index (χ0v) is 10.7. The Labute approximate surface area is 112 Å². The van der Waals surface area contributed by atoms with Crippen molar-refractivity contribution in [3.8, 4) is 0 Å². The van der Waals surface area contributed by atoms with Crippen LogP contribution in [-0.4, -0.2) is 36.7 Å². The molecule has 0 bridgehead atoms. The molecule has 1 heterocycles. The van der Waals surface area contributed by atoms with Crippen molar-refractivity contribution in [2.75, 3.05) is 5.75 Å². The number of carbonyl (C=O) groups is 1. The van der Waals surface area contributed by atoms with Gasteiger partial charge in [0.25, 0.3) is 5.69 Å². The molecule has 2 rings (SSSR count). The lowest BCUT2D eigenvalue weighted by atomic mass is 10.1. The lowest BCUT2D eigenvalue weighted by Gasteiger charge is -2.00. The molecule has 0 saturated carbocycles. The van der Waals surface area contributed by atoms with E-state index in [9.17, 15) is 14.9 Å². The Bertz CT molecular complexity index is 610. The first-order valence-electron chi connectivity index (χ1n) is 5.21. The number of hydrogen-bond acceptors (Lipinski definition) is 7. The predicted octanol–water partition coefficient (Wildman–Crippen LogP) is 1.09. The van der Waals surface area contributed by atoms with Gasteiger partial charge in [0, 0.05) is 24.7 Å². The molecule has 0 unspecified atom stereocenters. The summed E-state index contributed by atoms with van der Waals surface area (Å²) in [6.07, 6.45) is 0. The fraction of sp³-hybridized carbons (Fsp3) is 0.200. The number of carbonyl (C=O) groups excluding carboxylic acids is 1. The van der Waals surface area contributed by atoms with Gasteiger partial charge in [-0.1, -0.05) is 11.8 Å². The van der Waals surface area contributed by atoms with Crippen LogP contribution in [0.5, 0.6) is 0 Å². The minimum absolute atomic E-state index is 0.0401. The summed E-state index contributed by atoms with van der Waals surface area (Å²) in [6, 6.07) is 5.50. The molecule has 1 aromatic carbocycles. The fourth-order valence-electron chi connectivity index (χ4n) is 1.33. The Balaban J connectivity index is 2.00. The molecule has 8 nitrogen and oxygen atoms in total. The van der Waals surface area contributed by atoms with Gasteiger partial charge in [-0.25, -0.2) is 4.68 Å². The lowest BCUT2D eigenvalue weighted by Crippen LogP contribution is -2.04. The molecular weight excluding hydrogens is 270 g/mol. The van der Waals surface area contributed by atoms with Gasteiger partial charge in [0.2, 0.25) is 5.16 Å². The highest BCUT2D eigenvalue weighted by molar-refractivity contribution is 7.99. The van der Waals surface area contributed by atoms with Crippen molar-refractivity contribution in [3.05, 3.63) is 39.9 Å². The van der Waals surface area contributed by atoms with E-state index in [1.807, 2.05) is 0 Å². The smallest absolute Gasteiger partial charge is 0.269 e. The molecule has 0 amide bonds. The van der Waals surface area contributed by atoms with Gasteiger partial charge < -0.3 is 0 Å². The second-order valence-corrected chi connectivity index (χ2v) is 4.54. The van der Waals surface area contributed by atoms with E-state index in [1.165, 1.54) is 40.7 Å². The van der Waals surface area contributed by atoms with Gasteiger partial charge in [-0.2, -0.15) is 0 Å². The zero-order valence-electron chi connectivity index (χ0n) is 9.89. The van der Waals surface area contributed by atoms with Gasteiger partial charge in [-0.3, -0.25) is 14.9 Å².